The van der Waals surface area contributed by atoms with E-state index in [4.69, 9.17) is 5.73 Å². The van der Waals surface area contributed by atoms with Gasteiger partial charge in [0.05, 0.1) is 16.4 Å². The third-order valence-electron chi connectivity index (χ3n) is 3.18. The zero-order chi connectivity index (χ0) is 14.0. The zero-order valence-electron chi connectivity index (χ0n) is 11.0. The predicted octanol–water partition coefficient (Wildman–Crippen LogP) is 2.42. The lowest BCUT2D eigenvalue weighted by Gasteiger charge is -2.29. The Hall–Kier alpha value is -1.17. The number of nitrogens with zero attached hydrogens (tertiary/aromatic N) is 2. The van der Waals surface area contributed by atoms with Crippen molar-refractivity contribution in [2.24, 2.45) is 5.73 Å². The molecule has 0 saturated heterocycles. The topological polar surface area (TPSA) is 64.1 Å². The fourth-order valence-corrected chi connectivity index (χ4v) is 2.79. The summed E-state index contributed by atoms with van der Waals surface area (Å²) in [6.45, 7) is 4.13. The van der Waals surface area contributed by atoms with E-state index in [1.807, 2.05) is 44.2 Å². The fraction of sp³-hybridized carbons (Fsp3) is 0.357. The molecule has 1 aromatic heterocycles. The van der Waals surface area contributed by atoms with Crippen molar-refractivity contribution in [3.63, 3.8) is 0 Å². The van der Waals surface area contributed by atoms with Crippen LogP contribution in [0.1, 0.15) is 31.1 Å². The van der Waals surface area contributed by atoms with Gasteiger partial charge in [-0.1, -0.05) is 30.3 Å². The van der Waals surface area contributed by atoms with Gasteiger partial charge in [0.25, 0.3) is 0 Å². The number of rotatable bonds is 4. The molecule has 1 aromatic carbocycles. The molecular weight excluding hydrogens is 306 g/mol. The van der Waals surface area contributed by atoms with E-state index in [1.165, 1.54) is 0 Å². The van der Waals surface area contributed by atoms with Crippen LogP contribution >= 0.6 is 15.9 Å². The van der Waals surface area contributed by atoms with Gasteiger partial charge in [0.15, 0.2) is 0 Å². The minimum atomic E-state index is -1.25. The Morgan fingerprint density at radius 2 is 2.00 bits per heavy atom. The van der Waals surface area contributed by atoms with Gasteiger partial charge in [-0.05, 0) is 35.3 Å². The SMILES string of the molecule is CC(C)n1ncc(Br)c1C(O)(CN)c1ccccc1. The smallest absolute Gasteiger partial charge is 0.144 e. The summed E-state index contributed by atoms with van der Waals surface area (Å²) in [5.41, 5.74) is 6.06. The Kier molecular flexibility index (Phi) is 4.08. The molecule has 1 unspecified atom stereocenters. The van der Waals surface area contributed by atoms with Gasteiger partial charge in [-0.25, -0.2) is 0 Å². The van der Waals surface area contributed by atoms with Gasteiger partial charge in [-0.3, -0.25) is 4.68 Å². The summed E-state index contributed by atoms with van der Waals surface area (Å²) in [6, 6.07) is 9.58. The van der Waals surface area contributed by atoms with E-state index in [0.717, 1.165) is 10.0 Å². The molecule has 0 spiro atoms. The maximum Gasteiger partial charge on any atom is 0.144 e. The van der Waals surface area contributed by atoms with Crippen molar-refractivity contribution in [2.45, 2.75) is 25.5 Å². The molecule has 3 N–H and O–H groups in total. The predicted molar refractivity (Wildman–Crippen MR) is 78.8 cm³/mol. The summed E-state index contributed by atoms with van der Waals surface area (Å²) in [6.07, 6.45) is 1.69. The summed E-state index contributed by atoms with van der Waals surface area (Å²) < 4.78 is 2.56. The Labute approximate surface area is 121 Å². The minimum Gasteiger partial charge on any atom is -0.377 e. The molecule has 2 rings (SSSR count). The molecule has 2 aromatic rings. The average Bonchev–Trinajstić information content (AvgIpc) is 2.81. The quantitative estimate of drug-likeness (QED) is 0.908. The largest absolute Gasteiger partial charge is 0.377 e. The zero-order valence-corrected chi connectivity index (χ0v) is 12.6. The van der Waals surface area contributed by atoms with Crippen LogP contribution in [0.15, 0.2) is 41.0 Å². The van der Waals surface area contributed by atoms with Crippen LogP contribution in [0.4, 0.5) is 0 Å². The first-order valence-corrected chi connectivity index (χ1v) is 7.01. The monoisotopic (exact) mass is 323 g/mol. The van der Waals surface area contributed by atoms with Gasteiger partial charge in [0.2, 0.25) is 0 Å². The summed E-state index contributed by atoms with van der Waals surface area (Å²) in [7, 11) is 0. The van der Waals surface area contributed by atoms with Crippen LogP contribution in [-0.2, 0) is 5.60 Å². The molecule has 0 amide bonds. The van der Waals surface area contributed by atoms with E-state index in [-0.39, 0.29) is 12.6 Å². The Bertz CT molecular complexity index is 553. The lowest BCUT2D eigenvalue weighted by atomic mass is 9.90. The van der Waals surface area contributed by atoms with Crippen LogP contribution in [0.5, 0.6) is 0 Å². The molecule has 0 saturated carbocycles. The molecule has 0 aliphatic rings. The van der Waals surface area contributed by atoms with E-state index in [1.54, 1.807) is 10.9 Å². The Balaban J connectivity index is 2.63. The van der Waals surface area contributed by atoms with Gasteiger partial charge in [-0.15, -0.1) is 0 Å². The van der Waals surface area contributed by atoms with E-state index in [2.05, 4.69) is 21.0 Å². The van der Waals surface area contributed by atoms with Crippen LogP contribution < -0.4 is 5.73 Å². The van der Waals surface area contributed by atoms with Crippen molar-refractivity contribution in [1.82, 2.24) is 9.78 Å². The van der Waals surface area contributed by atoms with Crippen molar-refractivity contribution < 1.29 is 5.11 Å². The molecule has 4 nitrogen and oxygen atoms in total. The molecule has 0 aliphatic heterocycles. The third-order valence-corrected chi connectivity index (χ3v) is 3.76. The number of nitrogens with two attached hydrogens (primary N) is 1. The van der Waals surface area contributed by atoms with Gasteiger partial charge in [-0.2, -0.15) is 5.10 Å². The second-order valence-electron chi connectivity index (χ2n) is 4.81. The molecule has 1 heterocycles. The normalized spacial score (nSPS) is 14.6. The van der Waals surface area contributed by atoms with E-state index < -0.39 is 5.60 Å². The van der Waals surface area contributed by atoms with Gasteiger partial charge in [0.1, 0.15) is 5.60 Å². The second kappa shape index (κ2) is 5.45. The summed E-state index contributed by atoms with van der Waals surface area (Å²) in [4.78, 5) is 0. The maximum atomic E-state index is 11.0. The van der Waals surface area contributed by atoms with Crippen molar-refractivity contribution >= 4 is 15.9 Å². The van der Waals surface area contributed by atoms with E-state index >= 15 is 0 Å². The second-order valence-corrected chi connectivity index (χ2v) is 5.66. The molecule has 0 aliphatic carbocycles. The highest BCUT2D eigenvalue weighted by Crippen LogP contribution is 2.34. The van der Waals surface area contributed by atoms with Gasteiger partial charge >= 0.3 is 0 Å². The summed E-state index contributed by atoms with van der Waals surface area (Å²) in [5, 5.41) is 15.4. The Morgan fingerprint density at radius 3 is 2.53 bits per heavy atom. The van der Waals surface area contributed by atoms with Crippen LogP contribution in [0.3, 0.4) is 0 Å². The lowest BCUT2D eigenvalue weighted by Crippen LogP contribution is -2.39. The fourth-order valence-electron chi connectivity index (χ4n) is 2.18. The highest BCUT2D eigenvalue weighted by atomic mass is 79.9. The molecule has 0 bridgehead atoms. The number of halogens is 1. The molecule has 0 fully saturated rings. The number of benzene rings is 1. The first-order chi connectivity index (χ1) is 9.00. The first kappa shape index (κ1) is 14.2. The van der Waals surface area contributed by atoms with Crippen molar-refractivity contribution in [3.8, 4) is 0 Å². The highest BCUT2D eigenvalue weighted by molar-refractivity contribution is 9.10. The lowest BCUT2D eigenvalue weighted by molar-refractivity contribution is 0.0777. The summed E-state index contributed by atoms with van der Waals surface area (Å²) >= 11 is 3.46. The van der Waals surface area contributed by atoms with Crippen molar-refractivity contribution in [3.05, 3.63) is 52.3 Å². The summed E-state index contributed by atoms with van der Waals surface area (Å²) in [5.74, 6) is 0. The van der Waals surface area contributed by atoms with Crippen LogP contribution in [-0.4, -0.2) is 21.4 Å². The van der Waals surface area contributed by atoms with Crippen molar-refractivity contribution in [1.29, 1.82) is 0 Å². The molecule has 5 heteroatoms. The van der Waals surface area contributed by atoms with Crippen LogP contribution in [0, 0.1) is 0 Å². The number of hydrogen-bond donors (Lipinski definition) is 2. The van der Waals surface area contributed by atoms with Crippen molar-refractivity contribution in [2.75, 3.05) is 6.54 Å². The molecule has 0 radical (unpaired) electrons. The minimum absolute atomic E-state index is 0.0913. The molecule has 1 atom stereocenters. The van der Waals surface area contributed by atoms with E-state index in [0.29, 0.717) is 5.69 Å². The third kappa shape index (κ3) is 2.45. The molecule has 19 heavy (non-hydrogen) atoms. The number of aliphatic hydroxyl groups is 1. The Morgan fingerprint density at radius 1 is 1.37 bits per heavy atom. The van der Waals surface area contributed by atoms with Gasteiger partial charge in [0, 0.05) is 12.6 Å². The van der Waals surface area contributed by atoms with Gasteiger partial charge < -0.3 is 10.8 Å². The molecule has 102 valence electrons. The number of hydrogen-bond acceptors (Lipinski definition) is 3. The standard InChI is InChI=1S/C14H18BrN3O/c1-10(2)18-13(12(15)8-17-18)14(19,9-16)11-6-4-3-5-7-11/h3-8,10,19H,9,16H2,1-2H3. The van der Waals surface area contributed by atoms with Crippen LogP contribution in [0.25, 0.3) is 0 Å². The van der Waals surface area contributed by atoms with Crippen LogP contribution in [0.2, 0.25) is 0 Å². The molecular formula is C14H18BrN3O. The maximum absolute atomic E-state index is 11.0. The number of aromatic nitrogens is 2. The first-order valence-electron chi connectivity index (χ1n) is 6.22. The average molecular weight is 324 g/mol. The highest BCUT2D eigenvalue weighted by Gasteiger charge is 2.36. The van der Waals surface area contributed by atoms with E-state index in [9.17, 15) is 5.11 Å².